The van der Waals surface area contributed by atoms with Crippen LogP contribution in [0, 0.1) is 23.3 Å². The van der Waals surface area contributed by atoms with E-state index in [0.29, 0.717) is 0 Å². The number of esters is 1. The topological polar surface area (TPSA) is 112 Å². The number of benzene rings is 3. The van der Waals surface area contributed by atoms with Crippen molar-refractivity contribution in [1.29, 1.82) is 0 Å². The predicted octanol–water partition coefficient (Wildman–Crippen LogP) is 7.51. The van der Waals surface area contributed by atoms with Gasteiger partial charge in [-0.05, 0) is 65.8 Å². The summed E-state index contributed by atoms with van der Waals surface area (Å²) in [7, 11) is 0. The van der Waals surface area contributed by atoms with Crippen LogP contribution in [0.4, 0.5) is 38.5 Å². The normalized spacial score (nSPS) is 14.6. The Morgan fingerprint density at radius 1 is 0.721 bits per heavy atom. The molecule has 2 heterocycles. The van der Waals surface area contributed by atoms with Gasteiger partial charge in [0.15, 0.2) is 28.9 Å². The van der Waals surface area contributed by atoms with Gasteiger partial charge in [-0.2, -0.15) is 0 Å². The van der Waals surface area contributed by atoms with Crippen molar-refractivity contribution in [1.82, 2.24) is 0 Å². The molecule has 0 unspecified atom stereocenters. The van der Waals surface area contributed by atoms with Gasteiger partial charge < -0.3 is 18.9 Å². The number of hydrogen-bond donors (Lipinski definition) is 2. The maximum atomic E-state index is 15.6. The number of halogens is 4. The molecule has 3 aromatic carbocycles. The van der Waals surface area contributed by atoms with Gasteiger partial charge >= 0.3 is 18.2 Å². The van der Waals surface area contributed by atoms with Crippen LogP contribution in [0.5, 0.6) is 11.5 Å². The fraction of sp³-hybridized carbons (Fsp3) is 0.300. The molecule has 0 saturated heterocycles. The van der Waals surface area contributed by atoms with Crippen LogP contribution in [-0.4, -0.2) is 29.4 Å². The second-order valence-electron chi connectivity index (χ2n) is 11.9. The summed E-state index contributed by atoms with van der Waals surface area (Å²) in [6, 6.07) is 7.85. The first-order valence-electron chi connectivity index (χ1n) is 13.0. The predicted molar refractivity (Wildman–Crippen MR) is 144 cm³/mol. The largest absolute Gasteiger partial charge is 0.456 e. The van der Waals surface area contributed by atoms with Crippen LogP contribution in [-0.2, 0) is 19.8 Å². The molecule has 0 aliphatic carbocycles. The highest BCUT2D eigenvalue weighted by molar-refractivity contribution is 5.98. The Morgan fingerprint density at radius 3 is 1.60 bits per heavy atom. The fourth-order valence-electron chi connectivity index (χ4n) is 4.83. The van der Waals surface area contributed by atoms with E-state index in [2.05, 4.69) is 10.6 Å². The molecular formula is C30H26F4N2O7. The fourth-order valence-corrected chi connectivity index (χ4v) is 4.83. The molecule has 13 heteroatoms. The summed E-state index contributed by atoms with van der Waals surface area (Å²) < 4.78 is 81.5. The monoisotopic (exact) mass is 602 g/mol. The van der Waals surface area contributed by atoms with Gasteiger partial charge in [-0.25, -0.2) is 31.9 Å². The highest BCUT2D eigenvalue weighted by Gasteiger charge is 2.57. The number of hydrogen-bond acceptors (Lipinski definition) is 7. The lowest BCUT2D eigenvalue weighted by Crippen LogP contribution is -2.34. The minimum Gasteiger partial charge on any atom is -0.456 e. The molecule has 3 aromatic rings. The van der Waals surface area contributed by atoms with Gasteiger partial charge in [-0.3, -0.25) is 10.6 Å². The number of carbonyl (C=O) groups is 3. The van der Waals surface area contributed by atoms with Crippen LogP contribution in [0.15, 0.2) is 36.4 Å². The standard InChI is InChI=1S/C30H26F4N2O7/c1-28(2,3)42-26(38)35-13-7-9-15-17(11-13)40-18-12-14(36-27(39)43-29(4,5)6)8-10-16(18)30(15)20-19(25(37)41-30)21(31)23(33)24(34)22(20)32/h7-12H,1-6H3,(H,35,38)(H,36,39). The Balaban J connectivity index is 1.69. The third-order valence-electron chi connectivity index (χ3n) is 6.30. The molecule has 2 amide bonds. The van der Waals surface area contributed by atoms with Crippen molar-refractivity contribution in [2.75, 3.05) is 10.6 Å². The van der Waals surface area contributed by atoms with Crippen LogP contribution in [0.2, 0.25) is 0 Å². The maximum absolute atomic E-state index is 15.6. The van der Waals surface area contributed by atoms with Crippen molar-refractivity contribution in [3.8, 4) is 11.5 Å². The molecule has 9 nitrogen and oxygen atoms in total. The van der Waals surface area contributed by atoms with Gasteiger partial charge in [0.2, 0.25) is 0 Å². The molecule has 0 aromatic heterocycles. The summed E-state index contributed by atoms with van der Waals surface area (Å²) in [4.78, 5) is 37.7. The molecule has 2 aliphatic rings. The SMILES string of the molecule is CC(C)(C)OC(=O)Nc1ccc2c(c1)Oc1cc(NC(=O)OC(C)(C)C)ccc1C21OC(=O)c2c(F)c(F)c(F)c(F)c21. The molecule has 2 aliphatic heterocycles. The molecule has 2 N–H and O–H groups in total. The summed E-state index contributed by atoms with van der Waals surface area (Å²) in [6.07, 6.45) is -1.63. The van der Waals surface area contributed by atoms with Gasteiger partial charge in [0.1, 0.15) is 28.3 Å². The van der Waals surface area contributed by atoms with Gasteiger partial charge in [0.25, 0.3) is 0 Å². The minimum atomic E-state index is -2.34. The summed E-state index contributed by atoms with van der Waals surface area (Å²) >= 11 is 0. The zero-order chi connectivity index (χ0) is 31.6. The highest BCUT2D eigenvalue weighted by atomic mass is 19.2. The lowest BCUT2D eigenvalue weighted by molar-refractivity contribution is 0.0215. The van der Waals surface area contributed by atoms with Crippen LogP contribution in [0.3, 0.4) is 0 Å². The zero-order valence-corrected chi connectivity index (χ0v) is 23.8. The second-order valence-corrected chi connectivity index (χ2v) is 11.9. The molecular weight excluding hydrogens is 576 g/mol. The van der Waals surface area contributed by atoms with E-state index >= 15 is 4.39 Å². The molecule has 0 saturated carbocycles. The Morgan fingerprint density at radius 2 is 1.16 bits per heavy atom. The molecule has 0 bridgehead atoms. The Hall–Kier alpha value is -4.81. The van der Waals surface area contributed by atoms with Crippen molar-refractivity contribution < 1.29 is 50.9 Å². The summed E-state index contributed by atoms with van der Waals surface area (Å²) in [6.45, 7) is 9.96. The van der Waals surface area contributed by atoms with Crippen molar-refractivity contribution in [3.05, 3.63) is 81.9 Å². The highest BCUT2D eigenvalue weighted by Crippen LogP contribution is 2.58. The molecule has 0 radical (unpaired) electrons. The average molecular weight is 603 g/mol. The maximum Gasteiger partial charge on any atom is 0.412 e. The number of carbonyl (C=O) groups excluding carboxylic acids is 3. The number of rotatable bonds is 2. The quantitative estimate of drug-likeness (QED) is 0.103. The first kappa shape index (κ1) is 29.7. The summed E-state index contributed by atoms with van der Waals surface area (Å²) in [5.41, 5.74) is -5.91. The minimum absolute atomic E-state index is 0.0843. The van der Waals surface area contributed by atoms with E-state index in [4.69, 9.17) is 18.9 Å². The second kappa shape index (κ2) is 9.89. The zero-order valence-electron chi connectivity index (χ0n) is 23.8. The molecule has 1 spiro atoms. The lowest BCUT2D eigenvalue weighted by Gasteiger charge is -2.37. The molecule has 0 fully saturated rings. The summed E-state index contributed by atoms with van der Waals surface area (Å²) in [5.74, 6) is -9.78. The van der Waals surface area contributed by atoms with Crippen molar-refractivity contribution in [2.24, 2.45) is 0 Å². The molecule has 5 rings (SSSR count). The van der Waals surface area contributed by atoms with E-state index in [-0.39, 0.29) is 34.0 Å². The number of fused-ring (bicyclic) bond motifs is 6. The van der Waals surface area contributed by atoms with E-state index < -0.39 is 69.4 Å². The van der Waals surface area contributed by atoms with E-state index in [0.717, 1.165) is 0 Å². The third kappa shape index (κ3) is 5.19. The number of nitrogens with one attached hydrogen (secondary N) is 2. The number of anilines is 2. The van der Waals surface area contributed by atoms with Crippen LogP contribution in [0.1, 0.15) is 68.6 Å². The third-order valence-corrected chi connectivity index (χ3v) is 6.30. The van der Waals surface area contributed by atoms with Crippen molar-refractivity contribution in [3.63, 3.8) is 0 Å². The van der Waals surface area contributed by atoms with Crippen molar-refractivity contribution >= 4 is 29.5 Å². The summed E-state index contributed by atoms with van der Waals surface area (Å²) in [5, 5.41) is 5.02. The smallest absolute Gasteiger partial charge is 0.412 e. The molecule has 226 valence electrons. The van der Waals surface area contributed by atoms with E-state index in [9.17, 15) is 27.6 Å². The lowest BCUT2D eigenvalue weighted by atomic mass is 9.77. The van der Waals surface area contributed by atoms with Crippen LogP contribution < -0.4 is 15.4 Å². The van der Waals surface area contributed by atoms with E-state index in [1.165, 1.54) is 36.4 Å². The first-order valence-corrected chi connectivity index (χ1v) is 13.0. The van der Waals surface area contributed by atoms with Gasteiger partial charge in [0.05, 0.1) is 5.56 Å². The van der Waals surface area contributed by atoms with E-state index in [1.807, 2.05) is 0 Å². The van der Waals surface area contributed by atoms with E-state index in [1.54, 1.807) is 41.5 Å². The number of ether oxygens (including phenoxy) is 4. The molecule has 43 heavy (non-hydrogen) atoms. The Bertz CT molecular complexity index is 1630. The van der Waals surface area contributed by atoms with Crippen molar-refractivity contribution in [2.45, 2.75) is 58.3 Å². The average Bonchev–Trinajstić information content (AvgIpc) is 3.16. The Labute approximate surface area is 243 Å². The van der Waals surface area contributed by atoms with Crippen LogP contribution in [0.25, 0.3) is 0 Å². The van der Waals surface area contributed by atoms with Gasteiger partial charge in [-0.1, -0.05) is 0 Å². The van der Waals surface area contributed by atoms with Gasteiger partial charge in [0, 0.05) is 34.6 Å². The van der Waals surface area contributed by atoms with Crippen LogP contribution >= 0.6 is 0 Å². The Kier molecular flexibility index (Phi) is 6.82. The molecule has 0 atom stereocenters. The van der Waals surface area contributed by atoms with Gasteiger partial charge in [-0.15, -0.1) is 0 Å². The number of amides is 2. The first-order chi connectivity index (χ1) is 19.9.